The monoisotopic (exact) mass is 2010 g/mol. The minimum absolute atomic E-state index is 0.223. The molecule has 5 N–H and O–H groups in total. The number of sulfone groups is 1. The molecule has 0 unspecified atom stereocenters. The number of para-hydroxylation sites is 15. The van der Waals surface area contributed by atoms with E-state index in [0.717, 1.165) is 160 Å². The molecule has 14 heterocycles. The molecule has 0 fully saturated rings. The molecule has 18 nitrogen and oxygen atoms in total. The number of H-pyrrole nitrogens is 1. The molecule has 11 aliphatic heterocycles. The molecule has 0 aliphatic carbocycles. The Morgan fingerprint density at radius 3 is 1.30 bits per heavy atom. The van der Waals surface area contributed by atoms with E-state index >= 15 is 0 Å². The number of ether oxygens (including phenoxy) is 9. The average molecular weight is 2010 g/mol. The molecule has 149 heavy (non-hydrogen) atoms. The Hall–Kier alpha value is -15.0. The predicted molar refractivity (Wildman–Crippen MR) is 612 cm³/mol. The first-order valence-corrected chi connectivity index (χ1v) is 54.5. The lowest BCUT2D eigenvalue weighted by Crippen LogP contribution is -2.17. The second-order valence-corrected chi connectivity index (χ2v) is 41.3. The van der Waals surface area contributed by atoms with Gasteiger partial charge < -0.3 is 77.9 Å². The Morgan fingerprint density at radius 1 is 0.302 bits per heavy atom. The van der Waals surface area contributed by atoms with Crippen molar-refractivity contribution in [1.29, 1.82) is 0 Å². The zero-order chi connectivity index (χ0) is 103. The van der Waals surface area contributed by atoms with Gasteiger partial charge in [-0.15, -0.1) is 0 Å². The van der Waals surface area contributed by atoms with Gasteiger partial charge >= 0.3 is 0 Å². The topological polar surface area (TPSA) is 199 Å². The Bertz CT molecular complexity index is 6970. The Labute approximate surface area is 878 Å². The quantitative estimate of drug-likeness (QED) is 0.111. The highest BCUT2D eigenvalue weighted by Gasteiger charge is 2.26. The molecule has 0 radical (unpaired) electrons. The summed E-state index contributed by atoms with van der Waals surface area (Å²) in [6.07, 6.45) is 11.5. The van der Waals surface area contributed by atoms with Gasteiger partial charge in [0.25, 0.3) is 0 Å². The van der Waals surface area contributed by atoms with Crippen LogP contribution >= 0.6 is 0 Å². The van der Waals surface area contributed by atoms with Crippen LogP contribution in [0.25, 0.3) is 60.7 Å². The summed E-state index contributed by atoms with van der Waals surface area (Å²) in [5.74, 6) is 8.11. The van der Waals surface area contributed by atoms with Gasteiger partial charge in [0, 0.05) is 87.9 Å². The van der Waals surface area contributed by atoms with Crippen molar-refractivity contribution < 1.29 is 55.5 Å². The number of aromatic nitrogens is 2. The maximum atomic E-state index is 11.4. The highest BCUT2D eigenvalue weighted by atomic mass is 32.2. The number of fused-ring (bicyclic) bond motifs is 19. The van der Waals surface area contributed by atoms with Gasteiger partial charge in [0.05, 0.1) is 62.5 Å². The van der Waals surface area contributed by atoms with Crippen molar-refractivity contribution in [2.45, 2.75) is 162 Å². The molecule has 29 rings (SSSR count). The highest BCUT2D eigenvalue weighted by molar-refractivity contribution is 7.90. The van der Waals surface area contributed by atoms with Crippen LogP contribution in [-0.2, 0) is 94.2 Å². The van der Waals surface area contributed by atoms with Crippen LogP contribution in [0, 0.1) is 0 Å². The van der Waals surface area contributed by atoms with E-state index < -0.39 is 9.84 Å². The molecule has 0 amide bonds. The Morgan fingerprint density at radius 2 is 0.725 bits per heavy atom. The summed E-state index contributed by atoms with van der Waals surface area (Å²) in [7, 11) is -2.85. The van der Waals surface area contributed by atoms with Crippen molar-refractivity contribution in [1.82, 2.24) is 9.55 Å². The van der Waals surface area contributed by atoms with Crippen molar-refractivity contribution in [2.24, 2.45) is 0 Å². The third-order valence-corrected chi connectivity index (χ3v) is 28.8. The van der Waals surface area contributed by atoms with Crippen LogP contribution in [0.15, 0.2) is 356 Å². The third-order valence-electron chi connectivity index (χ3n) is 27.3. The summed E-state index contributed by atoms with van der Waals surface area (Å²) in [6, 6.07) is 118. The Balaban J connectivity index is 0.000000110. The molecule has 768 valence electrons. The largest absolute Gasteiger partial charge is 0.490 e. The zero-order valence-corrected chi connectivity index (χ0v) is 87.9. The molecule has 0 bridgehead atoms. The van der Waals surface area contributed by atoms with Crippen molar-refractivity contribution in [2.75, 3.05) is 93.9 Å². The molecule has 0 spiro atoms. The van der Waals surface area contributed by atoms with Crippen LogP contribution in [-0.4, -0.2) is 90.6 Å². The fraction of sp³-hybridized carbons (Fsp3) is 0.277. The number of hydrogen-bond acceptors (Lipinski definition) is 16. The van der Waals surface area contributed by atoms with E-state index in [9.17, 15) is 8.42 Å². The van der Waals surface area contributed by atoms with Gasteiger partial charge in [-0.1, -0.05) is 316 Å². The van der Waals surface area contributed by atoms with Crippen LogP contribution in [0.1, 0.15) is 175 Å². The molecule has 15 aromatic carbocycles. The number of aromatic amines is 1. The standard InChI is InChI=1S/C12H9N.C12H8O.2C12H16O.C11H11N.C11H14O2S.C11H14O.C9H11N.C9H9N.2C8H9NO.C8H8O2.C7H6O2/c2*1-3-7-11-9(5-1)10-6-2-4-8-12(10)13-11;1-9(2)10-3-4-12-8-13-6-5-11(12)7-10;1-9(2)11-4-3-10-5-6-13-8-12(10)7-11;1-2-6-11-9(4-1)8-10-5-3-7-12(10)11;1-8(2)9-3-4-10-6-14(12,13)7-11(10)5-9;1-8(2)9-3-4-10-6-12-7-11(10)5-9;2*1-2-6-9-8(4-1)5-3-7-10-9;3*1-2-4-8-7(3-1)9-5-6-10-8;1-2-4-7-6(3-1)8-5-9-7/h1-8,13H;1-8H;2*3-4,7,9H,5-6,8H2,1-2H3;1-2,4,6,8H,3,5,7H2;3-5,8H,6-7H2,1-2H3;3-5,8H,6-7H2,1-2H3;1-2,4,6,10H,3,5,7H2;1-6,10H,7H2;2*1-4,9H,5-6H2;1-4H,5-6H2;1-4H,5H2. The van der Waals surface area contributed by atoms with Gasteiger partial charge in [0.2, 0.25) is 6.79 Å². The molecular formula is C130H140N6O12S. The number of nitrogens with zero attached hydrogens (tertiary/aromatic N) is 1. The first-order valence-electron chi connectivity index (χ1n) is 52.7. The molecule has 18 aromatic rings. The summed E-state index contributed by atoms with van der Waals surface area (Å²) >= 11 is 0. The number of nitrogens with one attached hydrogen (secondary N) is 5. The first-order chi connectivity index (χ1) is 72.9. The lowest BCUT2D eigenvalue weighted by atomic mass is 9.95. The number of rotatable bonds is 4. The van der Waals surface area contributed by atoms with E-state index in [1.165, 1.54) is 160 Å². The van der Waals surface area contributed by atoms with Crippen LogP contribution < -0.4 is 49.7 Å². The highest BCUT2D eigenvalue weighted by Crippen LogP contribution is 2.37. The van der Waals surface area contributed by atoms with Gasteiger partial charge in [-0.3, -0.25) is 0 Å². The van der Waals surface area contributed by atoms with Crippen molar-refractivity contribution in [3.8, 4) is 34.5 Å². The van der Waals surface area contributed by atoms with E-state index in [0.29, 0.717) is 43.7 Å². The third kappa shape index (κ3) is 29.3. The van der Waals surface area contributed by atoms with E-state index in [2.05, 4.69) is 286 Å². The summed E-state index contributed by atoms with van der Waals surface area (Å²) in [5.41, 5.74) is 30.7. The normalized spacial score (nSPS) is 14.7. The van der Waals surface area contributed by atoms with Gasteiger partial charge in [-0.2, -0.15) is 0 Å². The van der Waals surface area contributed by atoms with Crippen molar-refractivity contribution >= 4 is 93.3 Å². The Kier molecular flexibility index (Phi) is 37.5. The first kappa shape index (κ1) is 105. The molecular weight excluding hydrogens is 1870 g/mol. The molecule has 0 atom stereocenters. The molecule has 19 heteroatoms. The molecule has 0 saturated heterocycles. The second kappa shape index (κ2) is 53.1. The van der Waals surface area contributed by atoms with Gasteiger partial charge in [0.15, 0.2) is 32.8 Å². The van der Waals surface area contributed by atoms with Crippen LogP contribution in [0.2, 0.25) is 0 Å². The van der Waals surface area contributed by atoms with E-state index in [1.54, 1.807) is 0 Å². The smallest absolute Gasteiger partial charge is 0.231 e. The number of aryl methyl sites for hydroxylation is 3. The van der Waals surface area contributed by atoms with Crippen molar-refractivity contribution in [3.05, 3.63) is 435 Å². The average Bonchev–Trinajstić information content (AvgIpc) is 1.64. The van der Waals surface area contributed by atoms with Crippen LogP contribution in [0.4, 0.5) is 22.7 Å². The van der Waals surface area contributed by atoms with E-state index in [1.807, 2.05) is 158 Å². The van der Waals surface area contributed by atoms with E-state index in [4.69, 9.17) is 47.0 Å². The minimum Gasteiger partial charge on any atom is -0.490 e. The molecule has 0 saturated carbocycles. The van der Waals surface area contributed by atoms with Crippen molar-refractivity contribution in [3.63, 3.8) is 0 Å². The fourth-order valence-electron chi connectivity index (χ4n) is 19.1. The minimum atomic E-state index is -2.85. The summed E-state index contributed by atoms with van der Waals surface area (Å²) in [6.45, 7) is 30.9. The lowest BCUT2D eigenvalue weighted by molar-refractivity contribution is 0.110. The van der Waals surface area contributed by atoms with Gasteiger partial charge in [-0.05, 0) is 243 Å². The molecule has 3 aromatic heterocycles. The summed E-state index contributed by atoms with van der Waals surface area (Å²) in [4.78, 5) is 3.38. The molecule has 11 aliphatic rings. The summed E-state index contributed by atoms with van der Waals surface area (Å²) < 4.78 is 78.5. The second-order valence-electron chi connectivity index (χ2n) is 39.2. The maximum Gasteiger partial charge on any atom is 0.231 e. The SMILES string of the molecule is C1=Cc2ccccc2NC1.CC(C)c1ccc2c(c1)CCOC2.CC(C)c1ccc2c(c1)COC2.CC(C)c1ccc2c(c1)COCC2.CC(C)c1ccc2c(c1)CS(=O)(=O)C2.c1ccc2c(c1)CCCN2.c1ccc2c(c1)NCCO2.c1ccc2c(c1)NCCO2.c1ccc2c(c1)OCCO2.c1ccc2c(c1)OCO2.c1ccc2c(c1)[nH]c1ccccc12.c1ccc2c(c1)cc1n2CCC1.c1ccc2c(c1)oc1ccccc12. The number of benzene rings is 15. The maximum absolute atomic E-state index is 11.4. The lowest BCUT2D eigenvalue weighted by Gasteiger charge is -2.18. The zero-order valence-electron chi connectivity index (χ0n) is 87.1. The summed E-state index contributed by atoms with van der Waals surface area (Å²) in [5, 5.41) is 19.5. The number of furan rings is 1. The van der Waals surface area contributed by atoms with Gasteiger partial charge in [-0.25, -0.2) is 8.42 Å². The van der Waals surface area contributed by atoms with E-state index in [-0.39, 0.29) is 11.5 Å². The van der Waals surface area contributed by atoms with Gasteiger partial charge in [0.1, 0.15) is 49.1 Å². The fourth-order valence-corrected chi connectivity index (χ4v) is 20.7. The van der Waals surface area contributed by atoms with Crippen LogP contribution in [0.3, 0.4) is 0 Å². The predicted octanol–water partition coefficient (Wildman–Crippen LogP) is 30.4. The number of anilines is 4. The van der Waals surface area contributed by atoms with Crippen LogP contribution in [0.5, 0.6) is 34.5 Å². The number of hydrogen-bond donors (Lipinski definition) is 5.